The van der Waals surface area contributed by atoms with E-state index in [2.05, 4.69) is 53.4 Å². The predicted molar refractivity (Wildman–Crippen MR) is 105 cm³/mol. The van der Waals surface area contributed by atoms with Crippen molar-refractivity contribution in [3.05, 3.63) is 11.2 Å². The van der Waals surface area contributed by atoms with Crippen molar-refractivity contribution in [1.29, 1.82) is 0 Å². The van der Waals surface area contributed by atoms with Gasteiger partial charge in [-0.05, 0) is 39.6 Å². The zero-order valence-corrected chi connectivity index (χ0v) is 18.1. The maximum atomic E-state index is 6.58. The number of hydrogen-bond donors (Lipinski definition) is 0. The van der Waals surface area contributed by atoms with Crippen LogP contribution >= 0.6 is 11.1 Å². The van der Waals surface area contributed by atoms with Gasteiger partial charge in [0.25, 0.3) is 0 Å². The van der Waals surface area contributed by atoms with Crippen molar-refractivity contribution < 1.29 is 9.31 Å². The Labute approximate surface area is 150 Å². The van der Waals surface area contributed by atoms with Crippen molar-refractivity contribution >= 4 is 25.6 Å². The lowest BCUT2D eigenvalue weighted by molar-refractivity contribution is 0.00578. The van der Waals surface area contributed by atoms with E-state index in [0.29, 0.717) is 0 Å². The summed E-state index contributed by atoms with van der Waals surface area (Å²) in [5.74, 6) is 0. The molecule has 0 saturated carbocycles. The summed E-state index contributed by atoms with van der Waals surface area (Å²) in [4.78, 5) is 0. The van der Waals surface area contributed by atoms with Crippen LogP contribution in [0.2, 0.25) is 13.1 Å². The van der Waals surface area contributed by atoms with Crippen molar-refractivity contribution in [3.63, 3.8) is 0 Å². The smallest absolute Gasteiger partial charge is 0.400 e. The first-order chi connectivity index (χ1) is 10.5. The molecule has 0 N–H and O–H groups in total. The molecule has 0 spiro atoms. The molecule has 5 heteroatoms. The van der Waals surface area contributed by atoms with Gasteiger partial charge in [-0.3, -0.25) is 0 Å². The van der Waals surface area contributed by atoms with Crippen LogP contribution in [0.15, 0.2) is 11.2 Å². The fraction of sp³-hybridized carbons (Fsp3) is 0.889. The fourth-order valence-electron chi connectivity index (χ4n) is 2.80. The van der Waals surface area contributed by atoms with Crippen LogP contribution in [0, 0.1) is 0 Å². The molecule has 134 valence electrons. The van der Waals surface area contributed by atoms with Gasteiger partial charge in [0.15, 0.2) is 7.38 Å². The highest BCUT2D eigenvalue weighted by Crippen LogP contribution is 2.39. The van der Waals surface area contributed by atoms with Gasteiger partial charge in [0, 0.05) is 0 Å². The molecule has 1 heterocycles. The maximum absolute atomic E-state index is 6.58. The number of allylic oxidation sites excluding steroid dienone is 1. The van der Waals surface area contributed by atoms with E-state index in [9.17, 15) is 0 Å². The Balaban J connectivity index is 2.67. The first kappa shape index (κ1) is 21.3. The lowest BCUT2D eigenvalue weighted by atomic mass is 9.76. The van der Waals surface area contributed by atoms with Crippen LogP contribution in [0.4, 0.5) is 0 Å². The topological polar surface area (TPSA) is 18.5 Å². The lowest BCUT2D eigenvalue weighted by Crippen LogP contribution is -2.41. The number of rotatable bonds is 9. The second-order valence-corrected chi connectivity index (χ2v) is 14.7. The van der Waals surface area contributed by atoms with E-state index in [1.165, 1.54) is 44.0 Å². The van der Waals surface area contributed by atoms with E-state index in [0.717, 1.165) is 6.42 Å². The second kappa shape index (κ2) is 8.55. The van der Waals surface area contributed by atoms with Crippen molar-refractivity contribution in [1.82, 2.24) is 0 Å². The van der Waals surface area contributed by atoms with Gasteiger partial charge in [0.1, 0.15) is 0 Å². The summed E-state index contributed by atoms with van der Waals surface area (Å²) in [5.41, 5.74) is 2.96. The molecule has 0 aromatic carbocycles. The third-order valence-corrected chi connectivity index (χ3v) is 6.29. The van der Waals surface area contributed by atoms with Gasteiger partial charge >= 0.3 is 7.12 Å². The average molecular weight is 359 g/mol. The summed E-state index contributed by atoms with van der Waals surface area (Å²) in [7, 11) is -2.05. The molecule has 1 rings (SSSR count). The van der Waals surface area contributed by atoms with E-state index < -0.39 is 7.38 Å². The molecule has 1 fully saturated rings. The van der Waals surface area contributed by atoms with Gasteiger partial charge in [-0.15, -0.1) is 0 Å². The van der Waals surface area contributed by atoms with E-state index in [4.69, 9.17) is 20.4 Å². The summed E-state index contributed by atoms with van der Waals surface area (Å²) in [6, 6.07) is 0. The first-order valence-electron chi connectivity index (χ1n) is 9.25. The molecular formula is C18H36BClO2Si. The first-order valence-corrected chi connectivity index (χ1v) is 13.3. The zero-order chi connectivity index (χ0) is 17.7. The summed E-state index contributed by atoms with van der Waals surface area (Å²) in [6.45, 7) is 15.0. The van der Waals surface area contributed by atoms with Gasteiger partial charge in [-0.2, -0.15) is 11.1 Å². The Morgan fingerprint density at radius 2 is 1.43 bits per heavy atom. The molecule has 0 aromatic rings. The van der Waals surface area contributed by atoms with E-state index in [1.807, 2.05) is 0 Å². The van der Waals surface area contributed by atoms with Crippen molar-refractivity contribution in [2.24, 2.45) is 0 Å². The SMILES string of the molecule is CCCCCCCC/C(=C/[Si](C)(C)Cl)B1OC(C)(C)C(C)(C)O1. The van der Waals surface area contributed by atoms with Crippen molar-refractivity contribution in [3.8, 4) is 0 Å². The Morgan fingerprint density at radius 3 is 1.91 bits per heavy atom. The number of unbranched alkanes of at least 4 members (excludes halogenated alkanes) is 5. The number of hydrogen-bond acceptors (Lipinski definition) is 2. The molecule has 0 unspecified atom stereocenters. The minimum atomic E-state index is -1.81. The van der Waals surface area contributed by atoms with Crippen LogP contribution in [0.3, 0.4) is 0 Å². The van der Waals surface area contributed by atoms with Crippen molar-refractivity contribution in [2.75, 3.05) is 0 Å². The van der Waals surface area contributed by atoms with Crippen LogP contribution in [0.5, 0.6) is 0 Å². The summed E-state index contributed by atoms with van der Waals surface area (Å²) < 4.78 is 12.5. The summed E-state index contributed by atoms with van der Waals surface area (Å²) in [5, 5.41) is 0. The summed E-state index contributed by atoms with van der Waals surface area (Å²) >= 11 is 6.58. The maximum Gasteiger partial charge on any atom is 0.489 e. The Hall–Kier alpha value is 0.232. The van der Waals surface area contributed by atoms with Gasteiger partial charge in [0.2, 0.25) is 0 Å². The van der Waals surface area contributed by atoms with Crippen LogP contribution < -0.4 is 0 Å². The van der Waals surface area contributed by atoms with E-state index in [1.54, 1.807) is 0 Å². The van der Waals surface area contributed by atoms with Crippen LogP contribution in [0.25, 0.3) is 0 Å². The predicted octanol–water partition coefficient (Wildman–Crippen LogP) is 6.28. The van der Waals surface area contributed by atoms with E-state index in [-0.39, 0.29) is 18.3 Å². The highest BCUT2D eigenvalue weighted by atomic mass is 35.6. The highest BCUT2D eigenvalue weighted by molar-refractivity contribution is 7.22. The monoisotopic (exact) mass is 358 g/mol. The molecular weight excluding hydrogens is 323 g/mol. The summed E-state index contributed by atoms with van der Waals surface area (Å²) in [6.07, 6.45) is 8.83. The van der Waals surface area contributed by atoms with Gasteiger partial charge in [-0.1, -0.05) is 64.2 Å². The van der Waals surface area contributed by atoms with Gasteiger partial charge < -0.3 is 9.31 Å². The zero-order valence-electron chi connectivity index (χ0n) is 16.3. The Kier molecular flexibility index (Phi) is 7.91. The molecule has 0 aliphatic carbocycles. The molecule has 2 nitrogen and oxygen atoms in total. The third-order valence-electron chi connectivity index (χ3n) is 4.90. The quantitative estimate of drug-likeness (QED) is 0.274. The molecule has 0 amide bonds. The van der Waals surface area contributed by atoms with Crippen molar-refractivity contribution in [2.45, 2.75) is 104 Å². The standard InChI is InChI=1S/C18H36BClO2Si/c1-8-9-10-11-12-13-14-16(15-23(6,7)20)19-21-17(2,3)18(4,5)22-19/h15H,8-14H2,1-7H3/b16-15-. The minimum Gasteiger partial charge on any atom is -0.400 e. The largest absolute Gasteiger partial charge is 0.489 e. The molecule has 0 radical (unpaired) electrons. The molecule has 0 aromatic heterocycles. The molecule has 1 aliphatic heterocycles. The molecule has 1 aliphatic rings. The molecule has 23 heavy (non-hydrogen) atoms. The fourth-order valence-corrected chi connectivity index (χ4v) is 4.39. The normalized spacial score (nSPS) is 21.0. The molecule has 0 atom stereocenters. The third kappa shape index (κ3) is 6.93. The van der Waals surface area contributed by atoms with Gasteiger partial charge in [0.05, 0.1) is 11.2 Å². The molecule has 0 bridgehead atoms. The highest BCUT2D eigenvalue weighted by Gasteiger charge is 2.52. The number of halogens is 1. The molecule has 1 saturated heterocycles. The lowest BCUT2D eigenvalue weighted by Gasteiger charge is -2.32. The van der Waals surface area contributed by atoms with Crippen LogP contribution in [-0.2, 0) is 9.31 Å². The van der Waals surface area contributed by atoms with Crippen LogP contribution in [-0.4, -0.2) is 25.7 Å². The average Bonchev–Trinajstić information content (AvgIpc) is 2.60. The van der Waals surface area contributed by atoms with Gasteiger partial charge in [-0.25, -0.2) is 0 Å². The Bertz CT molecular complexity index is 386. The minimum absolute atomic E-state index is 0.235. The van der Waals surface area contributed by atoms with Crippen LogP contribution in [0.1, 0.15) is 79.6 Å². The Morgan fingerprint density at radius 1 is 0.957 bits per heavy atom. The second-order valence-electron chi connectivity index (χ2n) is 8.39. The van der Waals surface area contributed by atoms with E-state index >= 15 is 0 Å².